The molecule has 98 valence electrons. The maximum absolute atomic E-state index is 11.8. The van der Waals surface area contributed by atoms with E-state index in [2.05, 4.69) is 17.9 Å². The molecule has 0 aliphatic carbocycles. The molecule has 0 aliphatic heterocycles. The molecule has 0 fully saturated rings. The predicted molar refractivity (Wildman–Crippen MR) is 67.4 cm³/mol. The van der Waals surface area contributed by atoms with Gasteiger partial charge in [-0.1, -0.05) is 19.8 Å². The number of unbranched alkanes of at least 4 members (excludes halogenated alkanes) is 1. The Morgan fingerprint density at radius 2 is 2.12 bits per heavy atom. The van der Waals surface area contributed by atoms with Gasteiger partial charge in [-0.25, -0.2) is 0 Å². The van der Waals surface area contributed by atoms with Gasteiger partial charge >= 0.3 is 5.97 Å². The van der Waals surface area contributed by atoms with Gasteiger partial charge in [-0.05, 0) is 20.3 Å². The van der Waals surface area contributed by atoms with E-state index in [1.54, 1.807) is 0 Å². The highest BCUT2D eigenvalue weighted by Crippen LogP contribution is 2.14. The van der Waals surface area contributed by atoms with Crippen molar-refractivity contribution in [3.8, 4) is 6.07 Å². The summed E-state index contributed by atoms with van der Waals surface area (Å²) in [5, 5.41) is 8.66. The molecule has 0 spiro atoms. The number of carbonyl (C=O) groups is 1. The molecule has 4 nitrogen and oxygen atoms in total. The van der Waals surface area contributed by atoms with Crippen LogP contribution >= 0.6 is 0 Å². The van der Waals surface area contributed by atoms with Crippen LogP contribution in [0.2, 0.25) is 0 Å². The Morgan fingerprint density at radius 1 is 1.47 bits per heavy atom. The highest BCUT2D eigenvalue weighted by atomic mass is 16.5. The van der Waals surface area contributed by atoms with Crippen LogP contribution in [-0.4, -0.2) is 36.6 Å². The molecule has 0 aromatic carbocycles. The molecular weight excluding hydrogens is 216 g/mol. The van der Waals surface area contributed by atoms with Crippen LogP contribution in [0, 0.1) is 11.3 Å². The molecule has 1 unspecified atom stereocenters. The molecule has 0 rings (SSSR count). The van der Waals surface area contributed by atoms with Crippen LogP contribution in [0.25, 0.3) is 0 Å². The van der Waals surface area contributed by atoms with Crippen molar-refractivity contribution in [3.63, 3.8) is 0 Å². The summed E-state index contributed by atoms with van der Waals surface area (Å²) in [6, 6.07) is 2.15. The maximum Gasteiger partial charge on any atom is 0.323 e. The second-order valence-electron chi connectivity index (χ2n) is 4.42. The molecular formula is C13H24N2O2. The molecule has 0 heterocycles. The Hall–Kier alpha value is -1.08. The van der Waals surface area contributed by atoms with E-state index in [1.807, 2.05) is 13.8 Å². The van der Waals surface area contributed by atoms with Gasteiger partial charge in [-0.15, -0.1) is 0 Å². The quantitative estimate of drug-likeness (QED) is 0.611. The van der Waals surface area contributed by atoms with Crippen molar-refractivity contribution >= 4 is 5.97 Å². The van der Waals surface area contributed by atoms with Gasteiger partial charge in [0.05, 0.1) is 13.2 Å². The number of nitrogens with zero attached hydrogens (tertiary/aromatic N) is 2. The average molecular weight is 240 g/mol. The largest absolute Gasteiger partial charge is 0.468 e. The Labute approximate surface area is 105 Å². The first-order chi connectivity index (χ1) is 8.08. The van der Waals surface area contributed by atoms with Crippen molar-refractivity contribution in [1.82, 2.24) is 4.90 Å². The fourth-order valence-electron chi connectivity index (χ4n) is 1.91. The van der Waals surface area contributed by atoms with Crippen LogP contribution in [0.3, 0.4) is 0 Å². The van der Waals surface area contributed by atoms with E-state index in [0.717, 1.165) is 19.3 Å². The van der Waals surface area contributed by atoms with Crippen molar-refractivity contribution in [1.29, 1.82) is 5.26 Å². The average Bonchev–Trinajstić information content (AvgIpc) is 2.32. The Kier molecular flexibility index (Phi) is 8.43. The molecule has 0 N–H and O–H groups in total. The van der Waals surface area contributed by atoms with Gasteiger partial charge in [0.15, 0.2) is 0 Å². The summed E-state index contributed by atoms with van der Waals surface area (Å²) >= 11 is 0. The SMILES string of the molecule is CCCCC(C(=O)OC)N(CCC#N)C(C)C. The minimum absolute atomic E-state index is 0.190. The van der Waals surface area contributed by atoms with Gasteiger partial charge in [-0.2, -0.15) is 5.26 Å². The van der Waals surface area contributed by atoms with Gasteiger partial charge in [0.1, 0.15) is 6.04 Å². The highest BCUT2D eigenvalue weighted by molar-refractivity contribution is 5.75. The van der Waals surface area contributed by atoms with E-state index in [9.17, 15) is 4.79 Å². The van der Waals surface area contributed by atoms with Crippen LogP contribution in [-0.2, 0) is 9.53 Å². The van der Waals surface area contributed by atoms with Crippen LogP contribution in [0.4, 0.5) is 0 Å². The Bertz CT molecular complexity index is 259. The van der Waals surface area contributed by atoms with E-state index in [4.69, 9.17) is 10.00 Å². The fourth-order valence-corrected chi connectivity index (χ4v) is 1.91. The minimum atomic E-state index is -0.215. The lowest BCUT2D eigenvalue weighted by Crippen LogP contribution is -2.46. The summed E-state index contributed by atoms with van der Waals surface area (Å²) in [6.45, 7) is 6.81. The first-order valence-electron chi connectivity index (χ1n) is 6.29. The summed E-state index contributed by atoms with van der Waals surface area (Å²) in [5.74, 6) is -0.190. The second-order valence-corrected chi connectivity index (χ2v) is 4.42. The lowest BCUT2D eigenvalue weighted by molar-refractivity contribution is -0.148. The van der Waals surface area contributed by atoms with Crippen molar-refractivity contribution in [3.05, 3.63) is 0 Å². The molecule has 0 saturated carbocycles. The number of esters is 1. The third-order valence-electron chi connectivity index (χ3n) is 2.85. The minimum Gasteiger partial charge on any atom is -0.468 e. The van der Waals surface area contributed by atoms with E-state index < -0.39 is 0 Å². The molecule has 1 atom stereocenters. The zero-order chi connectivity index (χ0) is 13.3. The van der Waals surface area contributed by atoms with Gasteiger partial charge in [0.25, 0.3) is 0 Å². The van der Waals surface area contributed by atoms with Crippen LogP contribution in [0.15, 0.2) is 0 Å². The molecule has 0 amide bonds. The zero-order valence-electron chi connectivity index (χ0n) is 11.4. The van der Waals surface area contributed by atoms with Crippen molar-refractivity contribution in [2.24, 2.45) is 0 Å². The first kappa shape index (κ1) is 15.9. The van der Waals surface area contributed by atoms with E-state index in [0.29, 0.717) is 13.0 Å². The third kappa shape index (κ3) is 5.69. The summed E-state index contributed by atoms with van der Waals surface area (Å²) in [4.78, 5) is 13.8. The number of hydrogen-bond donors (Lipinski definition) is 0. The van der Waals surface area contributed by atoms with E-state index in [1.165, 1.54) is 7.11 Å². The van der Waals surface area contributed by atoms with Crippen LogP contribution < -0.4 is 0 Å². The zero-order valence-corrected chi connectivity index (χ0v) is 11.4. The summed E-state index contributed by atoms with van der Waals surface area (Å²) in [7, 11) is 1.42. The number of methoxy groups -OCH3 is 1. The molecule has 4 heteroatoms. The van der Waals surface area contributed by atoms with Crippen molar-refractivity contribution < 1.29 is 9.53 Å². The molecule has 0 aromatic heterocycles. The predicted octanol–water partition coefficient (Wildman–Crippen LogP) is 2.34. The summed E-state index contributed by atoms with van der Waals surface area (Å²) in [6.07, 6.45) is 3.29. The lowest BCUT2D eigenvalue weighted by atomic mass is 10.1. The number of nitriles is 1. The Morgan fingerprint density at radius 3 is 2.53 bits per heavy atom. The molecule has 0 saturated heterocycles. The van der Waals surface area contributed by atoms with Crippen LogP contribution in [0.1, 0.15) is 46.5 Å². The molecule has 17 heavy (non-hydrogen) atoms. The van der Waals surface area contributed by atoms with Crippen molar-refractivity contribution in [2.75, 3.05) is 13.7 Å². The van der Waals surface area contributed by atoms with Crippen LogP contribution in [0.5, 0.6) is 0 Å². The standard InChI is InChI=1S/C13H24N2O2/c1-5-6-8-12(13(16)17-4)15(11(2)3)10-7-9-14/h11-12H,5-8,10H2,1-4H3. The molecule has 0 aliphatic rings. The summed E-state index contributed by atoms with van der Waals surface area (Å²) < 4.78 is 4.86. The number of ether oxygens (including phenoxy) is 1. The number of rotatable bonds is 8. The molecule has 0 radical (unpaired) electrons. The summed E-state index contributed by atoms with van der Waals surface area (Å²) in [5.41, 5.74) is 0. The van der Waals surface area contributed by atoms with Gasteiger partial charge < -0.3 is 4.74 Å². The second kappa shape index (κ2) is 9.00. The highest BCUT2D eigenvalue weighted by Gasteiger charge is 2.27. The monoisotopic (exact) mass is 240 g/mol. The van der Waals surface area contributed by atoms with Crippen molar-refractivity contribution in [2.45, 2.75) is 58.5 Å². The third-order valence-corrected chi connectivity index (χ3v) is 2.85. The topological polar surface area (TPSA) is 53.3 Å². The van der Waals surface area contributed by atoms with E-state index >= 15 is 0 Å². The Balaban J connectivity index is 4.67. The smallest absolute Gasteiger partial charge is 0.323 e. The number of hydrogen-bond acceptors (Lipinski definition) is 4. The number of carbonyl (C=O) groups excluding carboxylic acids is 1. The van der Waals surface area contributed by atoms with E-state index in [-0.39, 0.29) is 18.1 Å². The molecule has 0 bridgehead atoms. The maximum atomic E-state index is 11.8. The first-order valence-corrected chi connectivity index (χ1v) is 6.29. The van der Waals surface area contributed by atoms with Gasteiger partial charge in [0, 0.05) is 19.0 Å². The molecule has 0 aromatic rings. The van der Waals surface area contributed by atoms with Gasteiger partial charge in [-0.3, -0.25) is 9.69 Å². The fraction of sp³-hybridized carbons (Fsp3) is 0.846. The lowest BCUT2D eigenvalue weighted by Gasteiger charge is -2.32. The van der Waals surface area contributed by atoms with Gasteiger partial charge in [0.2, 0.25) is 0 Å². The normalized spacial score (nSPS) is 12.5.